The summed E-state index contributed by atoms with van der Waals surface area (Å²) in [5.41, 5.74) is -0.506. The first-order valence-corrected chi connectivity index (χ1v) is 5.11. The van der Waals surface area contributed by atoms with Crippen LogP contribution in [0.4, 0.5) is 4.39 Å². The summed E-state index contributed by atoms with van der Waals surface area (Å²) in [5.74, 6) is 0.533. The fourth-order valence-electron chi connectivity index (χ4n) is 1.35. The van der Waals surface area contributed by atoms with E-state index in [1.807, 2.05) is 30.3 Å². The van der Waals surface area contributed by atoms with Crippen molar-refractivity contribution < 1.29 is 8.91 Å². The Morgan fingerprint density at radius 1 is 1.25 bits per heavy atom. The van der Waals surface area contributed by atoms with Crippen LogP contribution in [0.15, 0.2) is 34.9 Å². The number of halogens is 1. The number of benzene rings is 1. The molecule has 0 saturated heterocycles. The molecular formula is C12H13FN2O. The standard InChI is InChI=1S/C12H13FN2O/c1-12(2,13)11-14-10(15-16-11)8-9-6-4-3-5-7-9/h3-7H,8H2,1-2H3. The van der Waals surface area contributed by atoms with Crippen LogP contribution in [0.3, 0.4) is 0 Å². The molecule has 0 unspecified atom stereocenters. The molecule has 3 nitrogen and oxygen atoms in total. The maximum absolute atomic E-state index is 13.5. The van der Waals surface area contributed by atoms with E-state index >= 15 is 0 Å². The van der Waals surface area contributed by atoms with E-state index in [-0.39, 0.29) is 5.89 Å². The Morgan fingerprint density at radius 3 is 2.50 bits per heavy atom. The second kappa shape index (κ2) is 4.04. The highest BCUT2D eigenvalue weighted by Crippen LogP contribution is 2.22. The molecule has 2 aromatic rings. The van der Waals surface area contributed by atoms with Crippen molar-refractivity contribution in [3.63, 3.8) is 0 Å². The molecule has 16 heavy (non-hydrogen) atoms. The molecule has 0 fully saturated rings. The molecule has 1 aromatic heterocycles. The number of alkyl halides is 1. The van der Waals surface area contributed by atoms with E-state index in [1.54, 1.807) is 0 Å². The van der Waals surface area contributed by atoms with Gasteiger partial charge in [0.15, 0.2) is 11.5 Å². The Kier molecular flexibility index (Phi) is 2.73. The van der Waals surface area contributed by atoms with Crippen molar-refractivity contribution in [1.29, 1.82) is 0 Å². The van der Waals surface area contributed by atoms with Gasteiger partial charge in [-0.3, -0.25) is 0 Å². The van der Waals surface area contributed by atoms with Crippen LogP contribution in [-0.2, 0) is 12.1 Å². The molecule has 0 amide bonds. The Labute approximate surface area is 93.3 Å². The lowest BCUT2D eigenvalue weighted by atomic mass is 10.1. The molecule has 4 heteroatoms. The van der Waals surface area contributed by atoms with E-state index in [1.165, 1.54) is 13.8 Å². The molecule has 0 N–H and O–H groups in total. The maximum atomic E-state index is 13.5. The van der Waals surface area contributed by atoms with Crippen molar-refractivity contribution >= 4 is 0 Å². The second-order valence-electron chi connectivity index (χ2n) is 4.15. The molecule has 0 spiro atoms. The first-order chi connectivity index (χ1) is 7.55. The van der Waals surface area contributed by atoms with Crippen molar-refractivity contribution in [2.75, 3.05) is 0 Å². The number of aromatic nitrogens is 2. The summed E-state index contributed by atoms with van der Waals surface area (Å²) in [5, 5.41) is 3.75. The molecule has 0 saturated carbocycles. The van der Waals surface area contributed by atoms with Crippen LogP contribution in [0.5, 0.6) is 0 Å². The maximum Gasteiger partial charge on any atom is 0.263 e. The fourth-order valence-corrected chi connectivity index (χ4v) is 1.35. The molecule has 0 aliphatic carbocycles. The SMILES string of the molecule is CC(C)(F)c1nc(Cc2ccccc2)no1. The van der Waals surface area contributed by atoms with Crippen molar-refractivity contribution in [1.82, 2.24) is 10.1 Å². The van der Waals surface area contributed by atoms with Gasteiger partial charge in [0.05, 0.1) is 0 Å². The van der Waals surface area contributed by atoms with Gasteiger partial charge in [-0.25, -0.2) is 4.39 Å². The average Bonchev–Trinajstić information content (AvgIpc) is 2.67. The van der Waals surface area contributed by atoms with E-state index < -0.39 is 5.67 Å². The van der Waals surface area contributed by atoms with Gasteiger partial charge in [-0.2, -0.15) is 4.98 Å². The lowest BCUT2D eigenvalue weighted by molar-refractivity contribution is 0.155. The Balaban J connectivity index is 2.15. The number of hydrogen-bond donors (Lipinski definition) is 0. The summed E-state index contributed by atoms with van der Waals surface area (Å²) < 4.78 is 18.3. The predicted molar refractivity (Wildman–Crippen MR) is 57.7 cm³/mol. The minimum Gasteiger partial charge on any atom is -0.336 e. The highest BCUT2D eigenvalue weighted by molar-refractivity contribution is 5.18. The molecule has 0 aliphatic heterocycles. The summed E-state index contributed by atoms with van der Waals surface area (Å²) in [6.07, 6.45) is 0.556. The van der Waals surface area contributed by atoms with Crippen LogP contribution < -0.4 is 0 Å². The molecule has 0 radical (unpaired) electrons. The van der Waals surface area contributed by atoms with Crippen LogP contribution in [0.2, 0.25) is 0 Å². The van der Waals surface area contributed by atoms with Crippen molar-refractivity contribution in [2.24, 2.45) is 0 Å². The van der Waals surface area contributed by atoms with Gasteiger partial charge in [-0.05, 0) is 19.4 Å². The summed E-state index contributed by atoms with van der Waals surface area (Å²) in [6.45, 7) is 2.79. The van der Waals surface area contributed by atoms with Crippen molar-refractivity contribution in [2.45, 2.75) is 25.9 Å². The monoisotopic (exact) mass is 220 g/mol. The van der Waals surface area contributed by atoms with Gasteiger partial charge < -0.3 is 4.52 Å². The van der Waals surface area contributed by atoms with Gasteiger partial charge in [0.2, 0.25) is 0 Å². The largest absolute Gasteiger partial charge is 0.336 e. The molecule has 2 rings (SSSR count). The van der Waals surface area contributed by atoms with Crippen LogP contribution in [0.25, 0.3) is 0 Å². The molecule has 0 aliphatic rings. The fraction of sp³-hybridized carbons (Fsp3) is 0.333. The minimum absolute atomic E-state index is 0.0263. The Hall–Kier alpha value is -1.71. The smallest absolute Gasteiger partial charge is 0.263 e. The van der Waals surface area contributed by atoms with E-state index in [9.17, 15) is 4.39 Å². The number of hydrogen-bond acceptors (Lipinski definition) is 3. The van der Waals surface area contributed by atoms with Crippen LogP contribution >= 0.6 is 0 Å². The topological polar surface area (TPSA) is 38.9 Å². The highest BCUT2D eigenvalue weighted by Gasteiger charge is 2.26. The molecule has 1 heterocycles. The summed E-state index contributed by atoms with van der Waals surface area (Å²) in [4.78, 5) is 4.02. The van der Waals surface area contributed by atoms with Gasteiger partial charge >= 0.3 is 0 Å². The number of nitrogens with zero attached hydrogens (tertiary/aromatic N) is 2. The zero-order valence-electron chi connectivity index (χ0n) is 9.27. The third kappa shape index (κ3) is 2.45. The first-order valence-electron chi connectivity index (χ1n) is 5.11. The summed E-state index contributed by atoms with van der Waals surface area (Å²) in [6, 6.07) is 9.76. The van der Waals surface area contributed by atoms with E-state index in [4.69, 9.17) is 4.52 Å². The molecule has 0 bridgehead atoms. The quantitative estimate of drug-likeness (QED) is 0.798. The Bertz CT molecular complexity index is 459. The van der Waals surface area contributed by atoms with E-state index in [0.717, 1.165) is 5.56 Å². The summed E-state index contributed by atoms with van der Waals surface area (Å²) >= 11 is 0. The molecule has 1 aromatic carbocycles. The van der Waals surface area contributed by atoms with Crippen LogP contribution in [-0.4, -0.2) is 10.1 Å². The first kappa shape index (κ1) is 10.8. The summed E-state index contributed by atoms with van der Waals surface area (Å²) in [7, 11) is 0. The van der Waals surface area contributed by atoms with Gasteiger partial charge in [0.1, 0.15) is 0 Å². The average molecular weight is 220 g/mol. The normalized spacial score (nSPS) is 11.7. The molecule has 0 atom stereocenters. The minimum atomic E-state index is -1.58. The van der Waals surface area contributed by atoms with Crippen LogP contribution in [0.1, 0.15) is 31.1 Å². The van der Waals surface area contributed by atoms with Crippen LogP contribution in [0, 0.1) is 0 Å². The zero-order chi connectivity index (χ0) is 11.6. The van der Waals surface area contributed by atoms with Crippen molar-refractivity contribution in [3.05, 3.63) is 47.6 Å². The van der Waals surface area contributed by atoms with E-state index in [0.29, 0.717) is 12.2 Å². The van der Waals surface area contributed by atoms with Gasteiger partial charge in [0.25, 0.3) is 5.89 Å². The van der Waals surface area contributed by atoms with Gasteiger partial charge in [-0.1, -0.05) is 35.5 Å². The highest BCUT2D eigenvalue weighted by atomic mass is 19.1. The predicted octanol–water partition coefficient (Wildman–Crippen LogP) is 2.87. The number of rotatable bonds is 3. The van der Waals surface area contributed by atoms with Gasteiger partial charge in [0, 0.05) is 6.42 Å². The lowest BCUT2D eigenvalue weighted by Gasteiger charge is -2.05. The second-order valence-corrected chi connectivity index (χ2v) is 4.15. The van der Waals surface area contributed by atoms with Gasteiger partial charge in [-0.15, -0.1) is 0 Å². The Morgan fingerprint density at radius 2 is 1.94 bits per heavy atom. The zero-order valence-corrected chi connectivity index (χ0v) is 9.27. The third-order valence-electron chi connectivity index (χ3n) is 2.18. The lowest BCUT2D eigenvalue weighted by Crippen LogP contribution is -2.09. The molecular weight excluding hydrogens is 207 g/mol. The third-order valence-corrected chi connectivity index (χ3v) is 2.18. The molecule has 84 valence electrons. The van der Waals surface area contributed by atoms with E-state index in [2.05, 4.69) is 10.1 Å². The van der Waals surface area contributed by atoms with Crippen molar-refractivity contribution in [3.8, 4) is 0 Å².